The highest BCUT2D eigenvalue weighted by molar-refractivity contribution is 6.21. The molecule has 0 N–H and O–H groups in total. The highest BCUT2D eigenvalue weighted by Crippen LogP contribution is 2.27. The highest BCUT2D eigenvalue weighted by atomic mass is 16.6. The monoisotopic (exact) mass is 245 g/mol. The fourth-order valence-electron chi connectivity index (χ4n) is 2.43. The summed E-state index contributed by atoms with van der Waals surface area (Å²) in [6.45, 7) is 2.52. The lowest BCUT2D eigenvalue weighted by atomic mass is 10.1. The van der Waals surface area contributed by atoms with E-state index in [9.17, 15) is 9.59 Å². The predicted octanol–water partition coefficient (Wildman–Crippen LogP) is 1.85. The van der Waals surface area contributed by atoms with Crippen LogP contribution < -0.4 is 0 Å². The van der Waals surface area contributed by atoms with E-state index in [-0.39, 0.29) is 11.8 Å². The maximum absolute atomic E-state index is 12.0. The van der Waals surface area contributed by atoms with Gasteiger partial charge in [0, 0.05) is 6.54 Å². The Bertz CT molecular complexity index is 477. The van der Waals surface area contributed by atoms with Gasteiger partial charge in [-0.1, -0.05) is 12.1 Å². The SMILES string of the molecule is CC1OC1CCCN1C(=O)c2ccccc2C1=O. The summed E-state index contributed by atoms with van der Waals surface area (Å²) < 4.78 is 5.31. The molecule has 94 valence electrons. The molecule has 4 nitrogen and oxygen atoms in total. The first-order chi connectivity index (χ1) is 8.68. The predicted molar refractivity (Wildman–Crippen MR) is 65.4 cm³/mol. The third-order valence-electron chi connectivity index (χ3n) is 3.58. The maximum atomic E-state index is 12.0. The molecule has 1 aromatic carbocycles. The lowest BCUT2D eigenvalue weighted by molar-refractivity contribution is 0.0650. The summed E-state index contributed by atoms with van der Waals surface area (Å²) in [5, 5.41) is 0. The van der Waals surface area contributed by atoms with Gasteiger partial charge in [-0.2, -0.15) is 0 Å². The molecule has 0 saturated carbocycles. The molecule has 3 rings (SSSR count). The largest absolute Gasteiger partial charge is 0.370 e. The number of carbonyl (C=O) groups excluding carboxylic acids is 2. The fraction of sp³-hybridized carbons (Fsp3) is 0.429. The number of carbonyl (C=O) groups is 2. The summed E-state index contributed by atoms with van der Waals surface area (Å²) in [6, 6.07) is 6.99. The first-order valence-electron chi connectivity index (χ1n) is 6.29. The lowest BCUT2D eigenvalue weighted by Crippen LogP contribution is -2.30. The molecule has 2 aliphatic rings. The van der Waals surface area contributed by atoms with Crippen molar-refractivity contribution < 1.29 is 14.3 Å². The minimum atomic E-state index is -0.166. The van der Waals surface area contributed by atoms with Crippen molar-refractivity contribution in [2.45, 2.75) is 32.0 Å². The molecular weight excluding hydrogens is 230 g/mol. The lowest BCUT2D eigenvalue weighted by Gasteiger charge is -2.12. The second-order valence-electron chi connectivity index (χ2n) is 4.83. The molecule has 0 radical (unpaired) electrons. The molecule has 0 aliphatic carbocycles. The number of rotatable bonds is 4. The first-order valence-corrected chi connectivity index (χ1v) is 6.29. The van der Waals surface area contributed by atoms with Crippen LogP contribution in [0.4, 0.5) is 0 Å². The van der Waals surface area contributed by atoms with Crippen molar-refractivity contribution in [3.8, 4) is 0 Å². The summed E-state index contributed by atoms with van der Waals surface area (Å²) in [5.74, 6) is -0.333. The molecule has 18 heavy (non-hydrogen) atoms. The Morgan fingerprint density at radius 1 is 1.17 bits per heavy atom. The number of hydrogen-bond donors (Lipinski definition) is 0. The normalized spacial score (nSPS) is 25.5. The molecule has 4 heteroatoms. The Labute approximate surface area is 106 Å². The summed E-state index contributed by atoms with van der Waals surface area (Å²) in [4.78, 5) is 25.4. The number of fused-ring (bicyclic) bond motifs is 1. The van der Waals surface area contributed by atoms with E-state index in [0.29, 0.717) is 29.9 Å². The molecule has 0 bridgehead atoms. The third kappa shape index (κ3) is 1.82. The highest BCUT2D eigenvalue weighted by Gasteiger charge is 2.36. The van der Waals surface area contributed by atoms with Gasteiger partial charge in [0.1, 0.15) is 0 Å². The van der Waals surface area contributed by atoms with Crippen LogP contribution in [0, 0.1) is 0 Å². The average Bonchev–Trinajstić information content (AvgIpc) is 3.03. The van der Waals surface area contributed by atoms with E-state index in [0.717, 1.165) is 12.8 Å². The van der Waals surface area contributed by atoms with Crippen molar-refractivity contribution in [3.05, 3.63) is 35.4 Å². The molecule has 1 fully saturated rings. The number of epoxide rings is 1. The van der Waals surface area contributed by atoms with Crippen LogP contribution in [0.15, 0.2) is 24.3 Å². The van der Waals surface area contributed by atoms with Crippen molar-refractivity contribution in [2.75, 3.05) is 6.54 Å². The smallest absolute Gasteiger partial charge is 0.261 e. The van der Waals surface area contributed by atoms with Crippen LogP contribution in [-0.2, 0) is 4.74 Å². The molecular formula is C14H15NO3. The third-order valence-corrected chi connectivity index (χ3v) is 3.58. The topological polar surface area (TPSA) is 49.9 Å². The van der Waals surface area contributed by atoms with E-state index in [1.807, 2.05) is 6.92 Å². The molecule has 1 aromatic rings. The number of imide groups is 1. The van der Waals surface area contributed by atoms with Gasteiger partial charge in [-0.05, 0) is 31.9 Å². The molecule has 2 aliphatic heterocycles. The standard InChI is InChI=1S/C14H15NO3/c1-9-12(18-9)7-4-8-15-13(16)10-5-2-3-6-11(10)14(15)17/h2-3,5-6,9,12H,4,7-8H2,1H3. The number of hydrogen-bond acceptors (Lipinski definition) is 3. The summed E-state index contributed by atoms with van der Waals surface area (Å²) >= 11 is 0. The number of amides is 2. The zero-order valence-corrected chi connectivity index (χ0v) is 10.3. The van der Waals surface area contributed by atoms with Gasteiger partial charge >= 0.3 is 0 Å². The zero-order chi connectivity index (χ0) is 12.7. The quantitative estimate of drug-likeness (QED) is 0.601. The van der Waals surface area contributed by atoms with Crippen molar-refractivity contribution in [2.24, 2.45) is 0 Å². The summed E-state index contributed by atoms with van der Waals surface area (Å²) in [5.41, 5.74) is 1.05. The fourth-order valence-corrected chi connectivity index (χ4v) is 2.43. The van der Waals surface area contributed by atoms with Gasteiger partial charge in [0.25, 0.3) is 11.8 Å². The average molecular weight is 245 g/mol. The minimum absolute atomic E-state index is 0.166. The molecule has 2 heterocycles. The van der Waals surface area contributed by atoms with E-state index >= 15 is 0 Å². The van der Waals surface area contributed by atoms with E-state index in [2.05, 4.69) is 0 Å². The second kappa shape index (κ2) is 4.21. The number of nitrogens with zero attached hydrogens (tertiary/aromatic N) is 1. The Balaban J connectivity index is 1.64. The molecule has 0 aromatic heterocycles. The Morgan fingerprint density at radius 2 is 1.72 bits per heavy atom. The summed E-state index contributed by atoms with van der Waals surface area (Å²) in [7, 11) is 0. The van der Waals surface area contributed by atoms with Crippen LogP contribution in [0.5, 0.6) is 0 Å². The van der Waals surface area contributed by atoms with Crippen LogP contribution in [0.25, 0.3) is 0 Å². The Kier molecular flexibility index (Phi) is 2.67. The van der Waals surface area contributed by atoms with E-state index in [1.165, 1.54) is 4.90 Å². The van der Waals surface area contributed by atoms with E-state index in [1.54, 1.807) is 24.3 Å². The van der Waals surface area contributed by atoms with E-state index < -0.39 is 0 Å². The van der Waals surface area contributed by atoms with Crippen molar-refractivity contribution in [1.29, 1.82) is 0 Å². The summed E-state index contributed by atoms with van der Waals surface area (Å²) in [6.07, 6.45) is 2.38. The molecule has 2 atom stereocenters. The van der Waals surface area contributed by atoms with Crippen molar-refractivity contribution >= 4 is 11.8 Å². The van der Waals surface area contributed by atoms with Crippen LogP contribution in [0.2, 0.25) is 0 Å². The number of benzene rings is 1. The molecule has 0 spiro atoms. The first kappa shape index (κ1) is 11.4. The minimum Gasteiger partial charge on any atom is -0.370 e. The Hall–Kier alpha value is -1.68. The molecule has 2 unspecified atom stereocenters. The molecule has 2 amide bonds. The molecule has 1 saturated heterocycles. The van der Waals surface area contributed by atoms with Gasteiger partial charge in [0.05, 0.1) is 23.3 Å². The van der Waals surface area contributed by atoms with Crippen LogP contribution >= 0.6 is 0 Å². The van der Waals surface area contributed by atoms with Crippen LogP contribution in [-0.4, -0.2) is 35.5 Å². The van der Waals surface area contributed by atoms with Crippen molar-refractivity contribution in [3.63, 3.8) is 0 Å². The van der Waals surface area contributed by atoms with Crippen LogP contribution in [0.1, 0.15) is 40.5 Å². The van der Waals surface area contributed by atoms with Gasteiger partial charge < -0.3 is 4.74 Å². The number of ether oxygens (including phenoxy) is 1. The van der Waals surface area contributed by atoms with Gasteiger partial charge in [0.15, 0.2) is 0 Å². The van der Waals surface area contributed by atoms with Crippen molar-refractivity contribution in [1.82, 2.24) is 4.90 Å². The maximum Gasteiger partial charge on any atom is 0.261 e. The second-order valence-corrected chi connectivity index (χ2v) is 4.83. The van der Waals surface area contributed by atoms with Gasteiger partial charge in [-0.3, -0.25) is 14.5 Å². The Morgan fingerprint density at radius 3 is 2.22 bits per heavy atom. The van der Waals surface area contributed by atoms with Gasteiger partial charge in [0.2, 0.25) is 0 Å². The van der Waals surface area contributed by atoms with Gasteiger partial charge in [-0.25, -0.2) is 0 Å². The zero-order valence-electron chi connectivity index (χ0n) is 10.3. The van der Waals surface area contributed by atoms with E-state index in [4.69, 9.17) is 4.74 Å². The van der Waals surface area contributed by atoms with Gasteiger partial charge in [-0.15, -0.1) is 0 Å². The van der Waals surface area contributed by atoms with Crippen LogP contribution in [0.3, 0.4) is 0 Å².